The number of ether oxygens (including phenoxy) is 1. The first-order valence-corrected chi connectivity index (χ1v) is 8.67. The Bertz CT molecular complexity index is 838. The molecule has 3 heterocycles. The number of methoxy groups -OCH3 is 1. The van der Waals surface area contributed by atoms with Gasteiger partial charge in [-0.1, -0.05) is 23.5 Å². The van der Waals surface area contributed by atoms with Gasteiger partial charge in [-0.25, -0.2) is 0 Å². The van der Waals surface area contributed by atoms with Gasteiger partial charge in [-0.2, -0.15) is 9.61 Å². The number of amides is 1. The smallest absolute Gasteiger partial charge is 0.257 e. The van der Waals surface area contributed by atoms with E-state index in [9.17, 15) is 4.79 Å². The zero-order chi connectivity index (χ0) is 16.5. The van der Waals surface area contributed by atoms with Crippen LogP contribution in [0.25, 0.3) is 4.96 Å². The minimum atomic E-state index is 0.0315. The summed E-state index contributed by atoms with van der Waals surface area (Å²) < 4.78 is 7.02. The highest BCUT2D eigenvalue weighted by atomic mass is 32.1. The lowest BCUT2D eigenvalue weighted by molar-refractivity contribution is 0.0709. The first-order valence-electron chi connectivity index (χ1n) is 7.85. The molecule has 0 radical (unpaired) electrons. The Hall–Kier alpha value is -2.48. The predicted molar refractivity (Wildman–Crippen MR) is 89.5 cm³/mol. The van der Waals surface area contributed by atoms with E-state index in [1.165, 1.54) is 0 Å². The van der Waals surface area contributed by atoms with E-state index in [1.54, 1.807) is 29.3 Å². The number of para-hydroxylation sites is 1. The summed E-state index contributed by atoms with van der Waals surface area (Å²) in [5.41, 5.74) is 0.622. The number of aromatic nitrogens is 4. The van der Waals surface area contributed by atoms with Crippen molar-refractivity contribution in [2.75, 3.05) is 20.2 Å². The Morgan fingerprint density at radius 2 is 2.08 bits per heavy atom. The van der Waals surface area contributed by atoms with E-state index in [0.29, 0.717) is 17.2 Å². The quantitative estimate of drug-likeness (QED) is 0.729. The van der Waals surface area contributed by atoms with Gasteiger partial charge in [0.1, 0.15) is 17.1 Å². The highest BCUT2D eigenvalue weighted by molar-refractivity contribution is 7.16. The number of carbonyl (C=O) groups excluding carboxylic acids is 1. The van der Waals surface area contributed by atoms with Crippen molar-refractivity contribution in [1.29, 1.82) is 0 Å². The van der Waals surface area contributed by atoms with Gasteiger partial charge in [-0.05, 0) is 25.0 Å². The number of benzene rings is 1. The first kappa shape index (κ1) is 15.1. The molecule has 124 valence electrons. The van der Waals surface area contributed by atoms with Gasteiger partial charge in [0.25, 0.3) is 5.91 Å². The number of carbonyl (C=O) groups is 1. The number of rotatable bonds is 3. The fourth-order valence-corrected chi connectivity index (χ4v) is 4.05. The van der Waals surface area contributed by atoms with Crippen LogP contribution in [0.1, 0.15) is 34.1 Å². The van der Waals surface area contributed by atoms with Crippen molar-refractivity contribution in [3.05, 3.63) is 41.2 Å². The zero-order valence-corrected chi connectivity index (χ0v) is 14.1. The molecule has 1 aromatic carbocycles. The van der Waals surface area contributed by atoms with Gasteiger partial charge in [-0.15, -0.1) is 10.2 Å². The maximum atomic E-state index is 12.7. The molecule has 0 aliphatic carbocycles. The number of piperidine rings is 1. The van der Waals surface area contributed by atoms with Gasteiger partial charge in [0.2, 0.25) is 4.96 Å². The topological polar surface area (TPSA) is 72.6 Å². The molecule has 1 aliphatic heterocycles. The monoisotopic (exact) mass is 343 g/mol. The first-order chi connectivity index (χ1) is 11.8. The molecule has 1 saturated heterocycles. The fraction of sp³-hybridized carbons (Fsp3) is 0.375. The molecular weight excluding hydrogens is 326 g/mol. The Kier molecular flexibility index (Phi) is 3.89. The van der Waals surface area contributed by atoms with Crippen LogP contribution >= 0.6 is 11.3 Å². The van der Waals surface area contributed by atoms with Crippen LogP contribution in [0.3, 0.4) is 0 Å². The van der Waals surface area contributed by atoms with Crippen LogP contribution in [0.2, 0.25) is 0 Å². The number of nitrogens with zero attached hydrogens (tertiary/aromatic N) is 5. The van der Waals surface area contributed by atoms with Crippen LogP contribution in [0.4, 0.5) is 0 Å². The van der Waals surface area contributed by atoms with Gasteiger partial charge in [-0.3, -0.25) is 4.79 Å². The van der Waals surface area contributed by atoms with Crippen molar-refractivity contribution in [2.45, 2.75) is 18.8 Å². The van der Waals surface area contributed by atoms with Crippen LogP contribution in [-0.2, 0) is 0 Å². The van der Waals surface area contributed by atoms with Crippen LogP contribution in [0.15, 0.2) is 30.6 Å². The molecule has 0 bridgehead atoms. The summed E-state index contributed by atoms with van der Waals surface area (Å²) in [6.45, 7) is 1.45. The molecule has 4 rings (SSSR count). The lowest BCUT2D eigenvalue weighted by Crippen LogP contribution is -2.38. The Morgan fingerprint density at radius 1 is 1.29 bits per heavy atom. The molecule has 3 aromatic rings. The largest absolute Gasteiger partial charge is 0.496 e. The molecule has 7 nitrogen and oxygen atoms in total. The second-order valence-corrected chi connectivity index (χ2v) is 6.75. The summed E-state index contributed by atoms with van der Waals surface area (Å²) in [4.78, 5) is 15.4. The normalized spacial score (nSPS) is 15.8. The number of fused-ring (bicyclic) bond motifs is 1. The van der Waals surface area contributed by atoms with Gasteiger partial charge in [0.05, 0.1) is 12.7 Å². The minimum Gasteiger partial charge on any atom is -0.496 e. The van der Waals surface area contributed by atoms with Crippen molar-refractivity contribution in [3.8, 4) is 5.75 Å². The van der Waals surface area contributed by atoms with E-state index in [-0.39, 0.29) is 5.91 Å². The average Bonchev–Trinajstić information content (AvgIpc) is 3.23. The molecular formula is C16H17N5O2S. The van der Waals surface area contributed by atoms with Crippen molar-refractivity contribution in [1.82, 2.24) is 24.7 Å². The second kappa shape index (κ2) is 6.20. The Balaban J connectivity index is 1.45. The molecule has 1 fully saturated rings. The number of hydrogen-bond acceptors (Lipinski definition) is 6. The van der Waals surface area contributed by atoms with Crippen molar-refractivity contribution >= 4 is 22.2 Å². The molecule has 0 N–H and O–H groups in total. The third kappa shape index (κ3) is 2.62. The third-order valence-electron chi connectivity index (χ3n) is 4.37. The zero-order valence-electron chi connectivity index (χ0n) is 13.3. The predicted octanol–water partition coefficient (Wildman–Crippen LogP) is 2.21. The Morgan fingerprint density at radius 3 is 2.83 bits per heavy atom. The van der Waals surface area contributed by atoms with Crippen LogP contribution < -0.4 is 4.74 Å². The summed E-state index contributed by atoms with van der Waals surface area (Å²) in [5.74, 6) is 1.03. The lowest BCUT2D eigenvalue weighted by Gasteiger charge is -2.31. The Labute approximate surface area is 142 Å². The molecule has 24 heavy (non-hydrogen) atoms. The summed E-state index contributed by atoms with van der Waals surface area (Å²) in [6.07, 6.45) is 3.44. The van der Waals surface area contributed by atoms with E-state index in [1.807, 2.05) is 29.2 Å². The summed E-state index contributed by atoms with van der Waals surface area (Å²) >= 11 is 1.58. The van der Waals surface area contributed by atoms with Gasteiger partial charge < -0.3 is 9.64 Å². The average molecular weight is 343 g/mol. The highest BCUT2D eigenvalue weighted by Crippen LogP contribution is 2.31. The maximum absolute atomic E-state index is 12.7. The summed E-state index contributed by atoms with van der Waals surface area (Å²) in [7, 11) is 1.59. The number of hydrogen-bond donors (Lipinski definition) is 0. The summed E-state index contributed by atoms with van der Waals surface area (Å²) in [6, 6.07) is 7.37. The minimum absolute atomic E-state index is 0.0315. The fourth-order valence-electron chi connectivity index (χ4n) is 3.06. The van der Waals surface area contributed by atoms with Gasteiger partial charge >= 0.3 is 0 Å². The molecule has 1 aliphatic rings. The molecule has 1 amide bonds. The van der Waals surface area contributed by atoms with E-state index in [4.69, 9.17) is 4.74 Å². The van der Waals surface area contributed by atoms with Crippen LogP contribution in [0, 0.1) is 0 Å². The van der Waals surface area contributed by atoms with E-state index in [2.05, 4.69) is 15.3 Å². The second-order valence-electron chi connectivity index (χ2n) is 5.77. The standard InChI is InChI=1S/C16H17N5O2S/c1-23-13-5-3-2-4-12(13)15(22)20-8-6-11(7-9-20)14-19-21-10-17-18-16(21)24-14/h2-5,10-11H,6-9H2,1H3. The maximum Gasteiger partial charge on any atom is 0.257 e. The lowest BCUT2D eigenvalue weighted by atomic mass is 9.97. The van der Waals surface area contributed by atoms with Gasteiger partial charge in [0.15, 0.2) is 0 Å². The van der Waals surface area contributed by atoms with E-state index in [0.717, 1.165) is 35.9 Å². The van der Waals surface area contributed by atoms with E-state index < -0.39 is 0 Å². The van der Waals surface area contributed by atoms with E-state index >= 15 is 0 Å². The SMILES string of the molecule is COc1ccccc1C(=O)N1CCC(c2nn3cnnc3s2)CC1. The van der Waals surface area contributed by atoms with Crippen LogP contribution in [-0.4, -0.2) is 50.8 Å². The number of likely N-dealkylation sites (tertiary alicyclic amines) is 1. The van der Waals surface area contributed by atoms with Gasteiger partial charge in [0, 0.05) is 19.0 Å². The molecule has 8 heteroatoms. The van der Waals surface area contributed by atoms with Crippen molar-refractivity contribution in [3.63, 3.8) is 0 Å². The highest BCUT2D eigenvalue weighted by Gasteiger charge is 2.28. The van der Waals surface area contributed by atoms with Crippen LogP contribution in [0.5, 0.6) is 5.75 Å². The molecule has 0 saturated carbocycles. The summed E-state index contributed by atoms with van der Waals surface area (Å²) in [5, 5.41) is 13.5. The molecule has 0 spiro atoms. The van der Waals surface area contributed by atoms with Crippen molar-refractivity contribution in [2.24, 2.45) is 0 Å². The molecule has 0 unspecified atom stereocenters. The molecule has 2 aromatic heterocycles. The van der Waals surface area contributed by atoms with Crippen molar-refractivity contribution < 1.29 is 9.53 Å². The third-order valence-corrected chi connectivity index (χ3v) is 5.45. The molecule has 0 atom stereocenters.